The molecule has 0 saturated carbocycles. The van der Waals surface area contributed by atoms with Gasteiger partial charge in [-0.2, -0.15) is 0 Å². The van der Waals surface area contributed by atoms with E-state index in [1.54, 1.807) is 0 Å². The predicted octanol–water partition coefficient (Wildman–Crippen LogP) is 6.40. The van der Waals surface area contributed by atoms with Crippen molar-refractivity contribution < 1.29 is 9.22 Å². The van der Waals surface area contributed by atoms with Crippen LogP contribution in [0, 0.1) is 0 Å². The molecule has 0 aliphatic rings. The Hall–Kier alpha value is 0.137. The molecule has 0 radical (unpaired) electrons. The molecule has 1 atom stereocenters. The molecule has 0 aromatic heterocycles. The van der Waals surface area contributed by atoms with Crippen molar-refractivity contribution in [2.45, 2.75) is 128 Å². The molecule has 164 valence electrons. The maximum atomic E-state index is 6.01. The molecule has 0 amide bonds. The summed E-state index contributed by atoms with van der Waals surface area (Å²) in [5, 5.41) is 0.104. The van der Waals surface area contributed by atoms with Crippen LogP contribution in [0.4, 0.5) is 0 Å². The zero-order valence-corrected chi connectivity index (χ0v) is 22.1. The Labute approximate surface area is 175 Å². The predicted molar refractivity (Wildman–Crippen MR) is 126 cm³/mol. The van der Waals surface area contributed by atoms with Crippen molar-refractivity contribution in [3.63, 3.8) is 0 Å². The lowest BCUT2D eigenvalue weighted by Crippen LogP contribution is -2.61. The highest BCUT2D eigenvalue weighted by atomic mass is 28.1. The van der Waals surface area contributed by atoms with Crippen LogP contribution in [-0.2, 0) is 4.74 Å². The molecule has 0 saturated heterocycles. The number of unbranched alkanes of at least 4 members (excludes halogenated alkanes) is 14. The summed E-state index contributed by atoms with van der Waals surface area (Å²) >= 11 is 0. The van der Waals surface area contributed by atoms with Crippen LogP contribution >= 0.6 is 0 Å². The lowest BCUT2D eigenvalue weighted by molar-refractivity contribution is -0.951. The van der Waals surface area contributed by atoms with E-state index in [1.165, 1.54) is 116 Å². The minimum absolute atomic E-state index is 0.104. The quantitative estimate of drug-likeness (QED) is 0.0994. The summed E-state index contributed by atoms with van der Waals surface area (Å²) in [5.74, 6) is 0. The van der Waals surface area contributed by atoms with Gasteiger partial charge in [0.15, 0.2) is 5.35 Å². The second kappa shape index (κ2) is 17.0. The molecular formula is C24H54NOSi+. The van der Waals surface area contributed by atoms with E-state index in [9.17, 15) is 0 Å². The van der Waals surface area contributed by atoms with Crippen molar-refractivity contribution in [3.8, 4) is 0 Å². The molecule has 0 fully saturated rings. The van der Waals surface area contributed by atoms with Crippen molar-refractivity contribution in [1.29, 1.82) is 0 Å². The third-order valence-electron chi connectivity index (χ3n) is 6.75. The summed E-state index contributed by atoms with van der Waals surface area (Å²) in [4.78, 5) is 0. The minimum Gasteiger partial charge on any atom is -0.335 e. The standard InChI is InChI=1S/C24H54NOSi/c1-6-8-9-10-11-12-13-14-15-16-17-18-19-20-21-22-24(27,26-5)25(3,4)23-7-2/h6-23H2,1-5,27H3/q+1. The first-order chi connectivity index (χ1) is 12.9. The maximum absolute atomic E-state index is 6.01. The summed E-state index contributed by atoms with van der Waals surface area (Å²) in [6.45, 7) is 5.80. The summed E-state index contributed by atoms with van der Waals surface area (Å²) in [5.41, 5.74) is 0. The van der Waals surface area contributed by atoms with Crippen molar-refractivity contribution in [3.05, 3.63) is 0 Å². The maximum Gasteiger partial charge on any atom is 0.168 e. The van der Waals surface area contributed by atoms with Crippen LogP contribution in [0.1, 0.15) is 123 Å². The molecule has 0 aliphatic carbocycles. The van der Waals surface area contributed by atoms with E-state index < -0.39 is 0 Å². The zero-order chi connectivity index (χ0) is 20.4. The van der Waals surface area contributed by atoms with Gasteiger partial charge in [0.05, 0.1) is 20.6 Å². The van der Waals surface area contributed by atoms with Gasteiger partial charge in [0.2, 0.25) is 0 Å². The van der Waals surface area contributed by atoms with Crippen LogP contribution in [0.3, 0.4) is 0 Å². The van der Waals surface area contributed by atoms with Crippen molar-refractivity contribution >= 4 is 10.2 Å². The SMILES string of the molecule is CCCCCCCCCCCCCCCCCC([SiH3])(OC)[N+](C)(C)CCC. The number of hydrogen-bond donors (Lipinski definition) is 0. The van der Waals surface area contributed by atoms with E-state index in [0.29, 0.717) is 0 Å². The van der Waals surface area contributed by atoms with E-state index in [0.717, 1.165) is 14.7 Å². The van der Waals surface area contributed by atoms with Crippen LogP contribution in [0.5, 0.6) is 0 Å². The molecule has 0 aliphatic heterocycles. The molecule has 0 spiro atoms. The highest BCUT2D eigenvalue weighted by Gasteiger charge is 2.39. The second-order valence-electron chi connectivity index (χ2n) is 9.49. The lowest BCUT2D eigenvalue weighted by atomic mass is 10.0. The number of hydrogen-bond acceptors (Lipinski definition) is 1. The Kier molecular flexibility index (Phi) is 17.1. The van der Waals surface area contributed by atoms with Crippen LogP contribution in [0.15, 0.2) is 0 Å². The fourth-order valence-electron chi connectivity index (χ4n) is 4.27. The minimum atomic E-state index is 0.104. The number of methoxy groups -OCH3 is 1. The molecule has 2 nitrogen and oxygen atoms in total. The fraction of sp³-hybridized carbons (Fsp3) is 1.00. The molecule has 3 heteroatoms. The second-order valence-corrected chi connectivity index (χ2v) is 11.1. The van der Waals surface area contributed by atoms with Crippen molar-refractivity contribution in [1.82, 2.24) is 0 Å². The van der Waals surface area contributed by atoms with Crippen molar-refractivity contribution in [2.24, 2.45) is 0 Å². The van der Waals surface area contributed by atoms with Gasteiger partial charge in [0, 0.05) is 13.5 Å². The third kappa shape index (κ3) is 13.1. The lowest BCUT2D eigenvalue weighted by Gasteiger charge is -2.46. The first kappa shape index (κ1) is 27.1. The average Bonchev–Trinajstić information content (AvgIpc) is 2.64. The Morgan fingerprint density at radius 3 is 1.33 bits per heavy atom. The Bertz CT molecular complexity index is 322. The average molecular weight is 401 g/mol. The highest BCUT2D eigenvalue weighted by molar-refractivity contribution is 6.13. The van der Waals surface area contributed by atoms with E-state index in [-0.39, 0.29) is 5.35 Å². The normalized spacial score (nSPS) is 14.6. The molecule has 0 aromatic rings. The van der Waals surface area contributed by atoms with E-state index >= 15 is 0 Å². The molecule has 0 N–H and O–H groups in total. The van der Waals surface area contributed by atoms with Gasteiger partial charge in [0.1, 0.15) is 10.2 Å². The molecular weight excluding hydrogens is 346 g/mol. The number of ether oxygens (including phenoxy) is 1. The monoisotopic (exact) mass is 400 g/mol. The van der Waals surface area contributed by atoms with Gasteiger partial charge < -0.3 is 9.22 Å². The topological polar surface area (TPSA) is 9.23 Å². The van der Waals surface area contributed by atoms with Crippen LogP contribution in [0.2, 0.25) is 0 Å². The van der Waals surface area contributed by atoms with Crippen LogP contribution < -0.4 is 0 Å². The summed E-state index contributed by atoms with van der Waals surface area (Å²) < 4.78 is 7.04. The molecule has 1 unspecified atom stereocenters. The fourth-order valence-corrected chi connectivity index (χ4v) is 4.85. The Morgan fingerprint density at radius 1 is 0.630 bits per heavy atom. The highest BCUT2D eigenvalue weighted by Crippen LogP contribution is 2.26. The summed E-state index contributed by atoms with van der Waals surface area (Å²) in [7, 11) is 7.74. The Morgan fingerprint density at radius 2 is 1.00 bits per heavy atom. The van der Waals surface area contributed by atoms with Gasteiger partial charge in [0.25, 0.3) is 0 Å². The van der Waals surface area contributed by atoms with Gasteiger partial charge in [-0.25, -0.2) is 0 Å². The largest absolute Gasteiger partial charge is 0.335 e. The van der Waals surface area contributed by atoms with Gasteiger partial charge in [-0.1, -0.05) is 104 Å². The zero-order valence-electron chi connectivity index (χ0n) is 20.1. The van der Waals surface area contributed by atoms with Crippen LogP contribution in [0.25, 0.3) is 0 Å². The molecule has 0 aromatic carbocycles. The van der Waals surface area contributed by atoms with Gasteiger partial charge in [-0.15, -0.1) is 0 Å². The van der Waals surface area contributed by atoms with E-state index in [4.69, 9.17) is 4.74 Å². The summed E-state index contributed by atoms with van der Waals surface area (Å²) in [6, 6.07) is 0. The third-order valence-corrected chi connectivity index (χ3v) is 8.87. The van der Waals surface area contributed by atoms with Gasteiger partial charge in [-0.3, -0.25) is 0 Å². The molecule has 27 heavy (non-hydrogen) atoms. The molecule has 0 bridgehead atoms. The first-order valence-electron chi connectivity index (χ1n) is 12.3. The number of nitrogens with zero attached hydrogens (tertiary/aromatic N) is 1. The first-order valence-corrected chi connectivity index (χ1v) is 13.3. The van der Waals surface area contributed by atoms with Crippen LogP contribution in [-0.4, -0.2) is 47.8 Å². The van der Waals surface area contributed by atoms with E-state index in [2.05, 4.69) is 27.9 Å². The number of rotatable bonds is 20. The smallest absolute Gasteiger partial charge is 0.168 e. The van der Waals surface area contributed by atoms with Gasteiger partial charge >= 0.3 is 0 Å². The van der Waals surface area contributed by atoms with Gasteiger partial charge in [-0.05, 0) is 12.8 Å². The molecule has 0 heterocycles. The van der Waals surface area contributed by atoms with Crippen molar-refractivity contribution in [2.75, 3.05) is 27.7 Å². The summed E-state index contributed by atoms with van der Waals surface area (Å²) in [6.07, 6.45) is 24.0. The number of quaternary nitrogens is 1. The molecule has 0 rings (SSSR count). The Balaban J connectivity index is 3.51. The van der Waals surface area contributed by atoms with E-state index in [1.807, 2.05) is 7.11 Å².